The van der Waals surface area contributed by atoms with Crippen molar-refractivity contribution in [3.8, 4) is 5.75 Å². The lowest BCUT2D eigenvalue weighted by molar-refractivity contribution is -0.149. The van der Waals surface area contributed by atoms with Gasteiger partial charge in [-0.3, -0.25) is 0 Å². The van der Waals surface area contributed by atoms with Gasteiger partial charge in [-0.05, 0) is 24.3 Å². The summed E-state index contributed by atoms with van der Waals surface area (Å²) in [5, 5.41) is 13.0. The number of hydrogen-bond donors (Lipinski definition) is 2. The van der Waals surface area contributed by atoms with E-state index in [1.807, 2.05) is 0 Å². The Bertz CT molecular complexity index is 848. The second-order valence-electron chi connectivity index (χ2n) is 5.03. The lowest BCUT2D eigenvalue weighted by Gasteiger charge is -2.26. The molecule has 0 bridgehead atoms. The van der Waals surface area contributed by atoms with E-state index in [2.05, 4.69) is 5.10 Å². The van der Waals surface area contributed by atoms with Gasteiger partial charge in [-0.2, -0.15) is 5.10 Å². The van der Waals surface area contributed by atoms with Gasteiger partial charge in [0.15, 0.2) is 9.84 Å². The fourth-order valence-electron chi connectivity index (χ4n) is 2.11. The van der Waals surface area contributed by atoms with Gasteiger partial charge in [0.1, 0.15) is 5.75 Å². The molecule has 0 aromatic heterocycles. The third-order valence-corrected chi connectivity index (χ3v) is 4.44. The minimum atomic E-state index is -3.36. The smallest absolute Gasteiger partial charge is 0.358 e. The number of sulfone groups is 1. The van der Waals surface area contributed by atoms with Gasteiger partial charge in [-0.25, -0.2) is 13.2 Å². The van der Waals surface area contributed by atoms with E-state index < -0.39 is 21.4 Å². The minimum Gasteiger partial charge on any atom is -0.478 e. The number of carboxylic acid groups (broad SMARTS) is 1. The molecule has 7 nitrogen and oxygen atoms in total. The van der Waals surface area contributed by atoms with Crippen LogP contribution in [0, 0.1) is 0 Å². The standard InChI is InChI=1S/C16H16N2O5S/c1-24(21,22)14-9-7-13(8-10-14)23-16(11-18-17,15(19)20)12-5-3-2-4-6-12/h2-11H,17H2,1H3,(H,19,20). The summed E-state index contributed by atoms with van der Waals surface area (Å²) in [6, 6.07) is 13.6. The van der Waals surface area contributed by atoms with Crippen molar-refractivity contribution in [3.63, 3.8) is 0 Å². The maximum absolute atomic E-state index is 11.9. The third kappa shape index (κ3) is 3.54. The van der Waals surface area contributed by atoms with Crippen molar-refractivity contribution in [1.82, 2.24) is 0 Å². The van der Waals surface area contributed by atoms with Crippen LogP contribution in [0.4, 0.5) is 0 Å². The van der Waals surface area contributed by atoms with E-state index in [1.54, 1.807) is 30.3 Å². The SMILES string of the molecule is CS(=O)(=O)c1ccc(OC(C=NN)(C(=O)O)c2ccccc2)cc1. The molecule has 0 aliphatic heterocycles. The van der Waals surface area contributed by atoms with Gasteiger partial charge in [-0.1, -0.05) is 30.3 Å². The quantitative estimate of drug-likeness (QED) is 0.462. The van der Waals surface area contributed by atoms with Crippen LogP contribution in [-0.4, -0.2) is 32.0 Å². The first kappa shape index (κ1) is 17.5. The molecule has 0 fully saturated rings. The van der Waals surface area contributed by atoms with Crippen LogP contribution >= 0.6 is 0 Å². The molecule has 0 heterocycles. The number of hydrogen-bond acceptors (Lipinski definition) is 6. The average Bonchev–Trinajstić information content (AvgIpc) is 2.54. The summed E-state index contributed by atoms with van der Waals surface area (Å²) < 4.78 is 28.6. The Balaban J connectivity index is 2.48. The summed E-state index contributed by atoms with van der Waals surface area (Å²) in [5.41, 5.74) is -1.61. The number of nitrogens with zero attached hydrogens (tertiary/aromatic N) is 1. The van der Waals surface area contributed by atoms with Crippen LogP contribution in [0.2, 0.25) is 0 Å². The first-order valence-electron chi connectivity index (χ1n) is 6.82. The van der Waals surface area contributed by atoms with E-state index in [9.17, 15) is 18.3 Å². The van der Waals surface area contributed by atoms with Gasteiger partial charge in [-0.15, -0.1) is 0 Å². The van der Waals surface area contributed by atoms with Crippen molar-refractivity contribution in [3.05, 3.63) is 60.2 Å². The number of carbonyl (C=O) groups is 1. The number of nitrogens with two attached hydrogens (primary N) is 1. The van der Waals surface area contributed by atoms with Gasteiger partial charge in [0, 0.05) is 11.8 Å². The highest BCUT2D eigenvalue weighted by molar-refractivity contribution is 7.90. The molecule has 0 spiro atoms. The maximum atomic E-state index is 11.9. The zero-order valence-electron chi connectivity index (χ0n) is 12.8. The molecule has 2 aromatic rings. The van der Waals surface area contributed by atoms with Crippen molar-refractivity contribution in [2.45, 2.75) is 10.5 Å². The Labute approximate surface area is 139 Å². The second kappa shape index (κ2) is 6.71. The number of rotatable bonds is 6. The zero-order valence-corrected chi connectivity index (χ0v) is 13.6. The largest absolute Gasteiger partial charge is 0.478 e. The highest BCUT2D eigenvalue weighted by atomic mass is 32.2. The number of hydrazone groups is 1. The van der Waals surface area contributed by atoms with Crippen LogP contribution in [0.15, 0.2) is 64.6 Å². The van der Waals surface area contributed by atoms with Gasteiger partial charge >= 0.3 is 5.97 Å². The highest BCUT2D eigenvalue weighted by Crippen LogP contribution is 2.28. The van der Waals surface area contributed by atoms with Crippen LogP contribution in [0.25, 0.3) is 0 Å². The zero-order chi connectivity index (χ0) is 17.8. The van der Waals surface area contributed by atoms with Crippen molar-refractivity contribution in [2.24, 2.45) is 10.9 Å². The van der Waals surface area contributed by atoms with E-state index in [4.69, 9.17) is 10.6 Å². The molecule has 126 valence electrons. The van der Waals surface area contributed by atoms with E-state index in [0.717, 1.165) is 12.5 Å². The Morgan fingerprint density at radius 2 is 1.75 bits per heavy atom. The van der Waals surface area contributed by atoms with Crippen LogP contribution < -0.4 is 10.6 Å². The van der Waals surface area contributed by atoms with E-state index in [1.165, 1.54) is 24.3 Å². The average molecular weight is 348 g/mol. The fourth-order valence-corrected chi connectivity index (χ4v) is 2.74. The predicted octanol–water partition coefficient (Wildman–Crippen LogP) is 1.39. The summed E-state index contributed by atoms with van der Waals surface area (Å²) in [7, 11) is -3.36. The predicted molar refractivity (Wildman–Crippen MR) is 88.6 cm³/mol. The highest BCUT2D eigenvalue weighted by Gasteiger charge is 2.42. The maximum Gasteiger partial charge on any atom is 0.358 e. The lowest BCUT2D eigenvalue weighted by Crippen LogP contribution is -2.43. The molecule has 0 amide bonds. The summed E-state index contributed by atoms with van der Waals surface area (Å²) in [6.07, 6.45) is 2.06. The van der Waals surface area contributed by atoms with Gasteiger partial charge in [0.25, 0.3) is 5.60 Å². The van der Waals surface area contributed by atoms with Crippen LogP contribution in [0.3, 0.4) is 0 Å². The van der Waals surface area contributed by atoms with Crippen LogP contribution in [0.1, 0.15) is 5.56 Å². The molecule has 0 saturated heterocycles. The van der Waals surface area contributed by atoms with E-state index in [0.29, 0.717) is 5.56 Å². The third-order valence-electron chi connectivity index (χ3n) is 3.31. The van der Waals surface area contributed by atoms with Crippen molar-refractivity contribution < 1.29 is 23.1 Å². The number of carboxylic acids is 1. The van der Waals surface area contributed by atoms with Crippen molar-refractivity contribution >= 4 is 22.0 Å². The molecule has 0 saturated carbocycles. The minimum absolute atomic E-state index is 0.1000. The lowest BCUT2D eigenvalue weighted by atomic mass is 9.94. The number of benzene rings is 2. The Hall–Kier alpha value is -2.87. The number of ether oxygens (including phenoxy) is 1. The molecule has 8 heteroatoms. The van der Waals surface area contributed by atoms with Crippen molar-refractivity contribution in [2.75, 3.05) is 6.26 Å². The second-order valence-corrected chi connectivity index (χ2v) is 7.05. The molecule has 2 aromatic carbocycles. The molecule has 1 atom stereocenters. The molecule has 1 unspecified atom stereocenters. The Kier molecular flexibility index (Phi) is 4.89. The summed E-state index contributed by atoms with van der Waals surface area (Å²) in [6.45, 7) is 0. The fraction of sp³-hybridized carbons (Fsp3) is 0.125. The Morgan fingerprint density at radius 1 is 1.17 bits per heavy atom. The monoisotopic (exact) mass is 348 g/mol. The van der Waals surface area contributed by atoms with Gasteiger partial charge < -0.3 is 15.7 Å². The van der Waals surface area contributed by atoms with Gasteiger partial charge in [0.2, 0.25) is 0 Å². The molecule has 0 aliphatic carbocycles. The normalized spacial score (nSPS) is 14.2. The summed E-state index contributed by atoms with van der Waals surface area (Å²) in [4.78, 5) is 12.0. The van der Waals surface area contributed by atoms with Gasteiger partial charge in [0.05, 0.1) is 11.1 Å². The first-order valence-corrected chi connectivity index (χ1v) is 8.71. The molecule has 24 heavy (non-hydrogen) atoms. The number of aliphatic carboxylic acids is 1. The molecule has 0 aliphatic rings. The molecular formula is C16H16N2O5S. The van der Waals surface area contributed by atoms with E-state index >= 15 is 0 Å². The van der Waals surface area contributed by atoms with Crippen LogP contribution in [-0.2, 0) is 20.2 Å². The van der Waals surface area contributed by atoms with Crippen LogP contribution in [0.5, 0.6) is 5.75 Å². The topological polar surface area (TPSA) is 119 Å². The molecule has 2 rings (SSSR count). The Morgan fingerprint density at radius 3 is 2.21 bits per heavy atom. The van der Waals surface area contributed by atoms with Crippen molar-refractivity contribution in [1.29, 1.82) is 0 Å². The molecule has 0 radical (unpaired) electrons. The molecule has 3 N–H and O–H groups in total. The summed E-state index contributed by atoms with van der Waals surface area (Å²) in [5.74, 6) is 4.02. The first-order chi connectivity index (χ1) is 11.3. The van der Waals surface area contributed by atoms with E-state index in [-0.39, 0.29) is 10.6 Å². The summed E-state index contributed by atoms with van der Waals surface area (Å²) >= 11 is 0. The molecular weight excluding hydrogens is 332 g/mol.